The molecule has 1 unspecified atom stereocenters. The molecular weight excluding hydrogens is 725 g/mol. The maximum Gasteiger partial charge on any atom is 0.293 e. The highest BCUT2D eigenvalue weighted by Crippen LogP contribution is 2.35. The molecule has 15 heteroatoms. The monoisotopic (exact) mass is 789 g/mol. The molecule has 1 saturated heterocycles. The molecule has 1 aliphatic heterocycles. The Morgan fingerprint density at radius 3 is 2.56 bits per heavy atom. The molecule has 3 aromatic heterocycles. The van der Waals surface area contributed by atoms with E-state index in [4.69, 9.17) is 14.8 Å². The molecule has 1 aliphatic carbocycles. The van der Waals surface area contributed by atoms with Crippen molar-refractivity contribution in [2.24, 2.45) is 20.0 Å². The Bertz CT molecular complexity index is 2340. The summed E-state index contributed by atoms with van der Waals surface area (Å²) in [6.45, 7) is 6.63. The molecule has 0 spiro atoms. The van der Waals surface area contributed by atoms with Crippen LogP contribution in [0, 0.1) is 5.92 Å². The molecule has 57 heavy (non-hydrogen) atoms. The molecule has 5 N–H and O–H groups in total. The van der Waals surface area contributed by atoms with E-state index in [9.17, 15) is 19.2 Å². The predicted octanol–water partition coefficient (Wildman–Crippen LogP) is 6.90. The number of nitrogens with one attached hydrogen (secondary N) is 5. The highest BCUT2D eigenvalue weighted by molar-refractivity contribution is 6.03. The van der Waals surface area contributed by atoms with Gasteiger partial charge in [-0.1, -0.05) is 39.3 Å². The molecule has 15 nitrogen and oxygen atoms in total. The average molecular weight is 789 g/mol. The van der Waals surface area contributed by atoms with Gasteiger partial charge in [-0.3, -0.25) is 29.2 Å². The summed E-state index contributed by atoms with van der Waals surface area (Å²) in [6.07, 6.45) is 8.51. The smallest absolute Gasteiger partial charge is 0.293 e. The maximum atomic E-state index is 12.8. The van der Waals surface area contributed by atoms with Gasteiger partial charge in [-0.05, 0) is 74.8 Å². The van der Waals surface area contributed by atoms with Crippen LogP contribution in [0.4, 0.5) is 23.1 Å². The number of anilines is 4. The van der Waals surface area contributed by atoms with Crippen LogP contribution in [0.1, 0.15) is 90.0 Å². The summed E-state index contributed by atoms with van der Waals surface area (Å²) in [6, 6.07) is 13.8. The third kappa shape index (κ3) is 9.19. The van der Waals surface area contributed by atoms with E-state index < -0.39 is 5.92 Å². The normalized spacial score (nSPS) is 18.0. The van der Waals surface area contributed by atoms with Gasteiger partial charge in [0.15, 0.2) is 12.4 Å². The van der Waals surface area contributed by atoms with Gasteiger partial charge in [0.05, 0.1) is 28.3 Å². The quantitative estimate of drug-likeness (QED) is 0.0782. The zero-order valence-electron chi connectivity index (χ0n) is 33.7. The van der Waals surface area contributed by atoms with Gasteiger partial charge in [0, 0.05) is 75.5 Å². The van der Waals surface area contributed by atoms with E-state index in [1.54, 1.807) is 13.1 Å². The predicted molar refractivity (Wildman–Crippen MR) is 234 cm³/mol. The van der Waals surface area contributed by atoms with E-state index in [1.807, 2.05) is 62.1 Å². The summed E-state index contributed by atoms with van der Waals surface area (Å²) < 4.78 is 8.89. The van der Waals surface area contributed by atoms with Gasteiger partial charge < -0.3 is 30.6 Å². The van der Waals surface area contributed by atoms with Crippen molar-refractivity contribution in [1.29, 1.82) is 0 Å². The molecule has 5 aromatic rings. The van der Waals surface area contributed by atoms with E-state index in [-0.39, 0.29) is 42.8 Å². The minimum absolute atomic E-state index is 0. The van der Waals surface area contributed by atoms with Crippen molar-refractivity contribution in [3.63, 3.8) is 0 Å². The summed E-state index contributed by atoms with van der Waals surface area (Å²) >= 11 is 0. The van der Waals surface area contributed by atoms with Crippen molar-refractivity contribution >= 4 is 62.7 Å². The SMILES string of the molecule is CC.CCCc1cnc(NCC2CCC(Nc3cccc4c(C5CCC(=O)NC5=O)nn(C)c34)CC2)nc1Nc1ccc2c(c1)cc(OCC(=O)NC)c(=O)n2C.[HH].[HH].[HH].[HH].[HH]. The van der Waals surface area contributed by atoms with Gasteiger partial charge in [-0.25, -0.2) is 4.98 Å². The van der Waals surface area contributed by atoms with Crippen LogP contribution in [0.15, 0.2) is 53.5 Å². The van der Waals surface area contributed by atoms with Crippen molar-refractivity contribution in [2.75, 3.05) is 36.1 Å². The molecule has 1 saturated carbocycles. The molecule has 2 aromatic carbocycles. The Morgan fingerprint density at radius 1 is 1.04 bits per heavy atom. The number of amides is 3. The van der Waals surface area contributed by atoms with E-state index in [2.05, 4.69) is 44.6 Å². The van der Waals surface area contributed by atoms with Crippen LogP contribution in [0.5, 0.6) is 5.75 Å². The number of pyridine rings is 1. The van der Waals surface area contributed by atoms with Gasteiger partial charge in [-0.15, -0.1) is 0 Å². The first-order valence-corrected chi connectivity index (χ1v) is 20.0. The van der Waals surface area contributed by atoms with Crippen molar-refractivity contribution < 1.29 is 26.3 Å². The highest BCUT2D eigenvalue weighted by atomic mass is 16.5. The number of para-hydroxylation sites is 1. The van der Waals surface area contributed by atoms with Crippen molar-refractivity contribution in [3.8, 4) is 5.75 Å². The lowest BCUT2D eigenvalue weighted by atomic mass is 9.86. The molecule has 2 fully saturated rings. The summed E-state index contributed by atoms with van der Waals surface area (Å²) in [5, 5.41) is 22.2. The van der Waals surface area contributed by atoms with Crippen molar-refractivity contribution in [2.45, 2.75) is 84.1 Å². The molecule has 1 atom stereocenters. The number of ether oxygens (including phenoxy) is 1. The van der Waals surface area contributed by atoms with Gasteiger partial charge >= 0.3 is 0 Å². The molecule has 312 valence electrons. The number of nitrogens with zero attached hydrogens (tertiary/aromatic N) is 5. The molecule has 0 radical (unpaired) electrons. The van der Waals surface area contributed by atoms with Crippen LogP contribution in [0.3, 0.4) is 0 Å². The third-order valence-electron chi connectivity index (χ3n) is 10.7. The Morgan fingerprint density at radius 2 is 1.82 bits per heavy atom. The summed E-state index contributed by atoms with van der Waals surface area (Å²) in [5.41, 5.74) is 4.90. The number of benzene rings is 2. The first kappa shape index (κ1) is 40.7. The largest absolute Gasteiger partial charge is 0.478 e. The van der Waals surface area contributed by atoms with Gasteiger partial charge in [0.2, 0.25) is 17.8 Å². The Kier molecular flexibility index (Phi) is 13.1. The summed E-state index contributed by atoms with van der Waals surface area (Å²) in [5.74, 6) is 0.580. The average Bonchev–Trinajstić information content (AvgIpc) is 3.56. The first-order valence-electron chi connectivity index (χ1n) is 20.0. The molecule has 7 rings (SSSR count). The number of rotatable bonds is 13. The van der Waals surface area contributed by atoms with Crippen LogP contribution in [0.25, 0.3) is 21.8 Å². The van der Waals surface area contributed by atoms with E-state index in [1.165, 1.54) is 11.6 Å². The van der Waals surface area contributed by atoms with Crippen LogP contribution in [-0.4, -0.2) is 68.3 Å². The van der Waals surface area contributed by atoms with Crippen molar-refractivity contribution in [3.05, 3.63) is 70.3 Å². The zero-order chi connectivity index (χ0) is 40.6. The molecular formula is C42H64N10O5. The number of piperidine rings is 1. The van der Waals surface area contributed by atoms with Crippen molar-refractivity contribution in [1.82, 2.24) is 34.9 Å². The fourth-order valence-corrected chi connectivity index (χ4v) is 7.70. The maximum absolute atomic E-state index is 12.8. The second-order valence-electron chi connectivity index (χ2n) is 14.5. The fourth-order valence-electron chi connectivity index (χ4n) is 7.70. The Hall–Kier alpha value is -5.99. The molecule has 0 bridgehead atoms. The topological polar surface area (TPSA) is 186 Å². The van der Waals surface area contributed by atoms with E-state index in [0.717, 1.165) is 89.6 Å². The van der Waals surface area contributed by atoms with Crippen LogP contribution in [-0.2, 0) is 34.9 Å². The molecule has 2 aliphatic rings. The number of imide groups is 1. The lowest BCUT2D eigenvalue weighted by molar-refractivity contribution is -0.134. The number of fused-ring (bicyclic) bond motifs is 2. The standard InChI is InChI=1S/C40H48N10O5.C2H6.5H2/c1-5-7-24-21-43-40(47-37(24)45-27-14-16-31-25(18-27)19-32(39(54)49(31)3)55-22-34(52)41-2)42-20-23-10-12-26(13-11-23)44-30-9-6-8-28-35(48-50(4)36(28)30)29-15-17-33(51)46-38(29)53;1-2;;;;;/h6,8-9,14,16,18-19,21,23,26,29,44H,5,7,10-13,15,17,20,22H2,1-4H3,(H,41,52)(H,46,51,53)(H2,42,43,45,47);1-2H3;5*1H. The second-order valence-corrected chi connectivity index (χ2v) is 14.5. The number of likely N-dealkylation sites (N-methyl/N-ethyl adjacent to an activating group) is 1. The number of carbonyl (C=O) groups excluding carboxylic acids is 3. The Labute approximate surface area is 339 Å². The molecule has 3 amide bonds. The summed E-state index contributed by atoms with van der Waals surface area (Å²) in [4.78, 5) is 58.5. The van der Waals surface area contributed by atoms with E-state index in [0.29, 0.717) is 36.4 Å². The number of aromatic nitrogens is 5. The number of hydrogen-bond donors (Lipinski definition) is 5. The first-order chi connectivity index (χ1) is 27.6. The number of aryl methyl sites for hydroxylation is 3. The third-order valence-corrected chi connectivity index (χ3v) is 10.7. The Balaban J connectivity index is 0.00000271. The minimum atomic E-state index is -0.438. The number of hydrogen-bond acceptors (Lipinski definition) is 11. The van der Waals surface area contributed by atoms with Gasteiger partial charge in [0.25, 0.3) is 11.5 Å². The fraction of sp³-hybridized carbons (Fsp3) is 0.452. The van der Waals surface area contributed by atoms with Gasteiger partial charge in [-0.2, -0.15) is 10.1 Å². The highest BCUT2D eigenvalue weighted by Gasteiger charge is 2.32. The van der Waals surface area contributed by atoms with E-state index >= 15 is 0 Å². The lowest BCUT2D eigenvalue weighted by Gasteiger charge is -2.30. The summed E-state index contributed by atoms with van der Waals surface area (Å²) in [7, 11) is 5.10. The second kappa shape index (κ2) is 18.3. The van der Waals surface area contributed by atoms with Crippen LogP contribution >= 0.6 is 0 Å². The van der Waals surface area contributed by atoms with Crippen LogP contribution in [0.2, 0.25) is 0 Å². The minimum Gasteiger partial charge on any atom is -0.478 e. The molecule has 4 heterocycles. The number of carbonyl (C=O) groups is 3. The van der Waals surface area contributed by atoms with Gasteiger partial charge in [0.1, 0.15) is 5.82 Å². The lowest BCUT2D eigenvalue weighted by Crippen LogP contribution is -2.39. The zero-order valence-corrected chi connectivity index (χ0v) is 33.7. The van der Waals surface area contributed by atoms with Crippen LogP contribution < -0.4 is 36.9 Å².